The molecule has 0 aromatic carbocycles. The first-order chi connectivity index (χ1) is 8.15. The first-order valence-electron chi connectivity index (χ1n) is 6.77. The number of nitrogens with one attached hydrogen (secondary N) is 1. The van der Waals surface area contributed by atoms with Gasteiger partial charge < -0.3 is 15.3 Å². The Kier molecular flexibility index (Phi) is 4.05. The average Bonchev–Trinajstić information content (AvgIpc) is 2.77. The zero-order chi connectivity index (χ0) is 12.3. The second-order valence-electron chi connectivity index (χ2n) is 5.76. The number of nitrogens with zero attached hydrogens (tertiary/aromatic N) is 1. The van der Waals surface area contributed by atoms with Crippen molar-refractivity contribution in [1.82, 2.24) is 10.2 Å². The Hall–Kier alpha value is -0.610. The maximum Gasteiger partial charge on any atom is 0.229 e. The highest BCUT2D eigenvalue weighted by Gasteiger charge is 2.40. The zero-order valence-corrected chi connectivity index (χ0v) is 10.7. The second kappa shape index (κ2) is 5.36. The molecule has 0 spiro atoms. The molecule has 2 fully saturated rings. The standard InChI is InChI=1S/C13H24N2O2/c1-13(5-6-14-10-13)12(17)15-7-2-3-11(9-15)4-8-16/h11,14,16H,2-10H2,1H3. The fourth-order valence-electron chi connectivity index (χ4n) is 3.05. The maximum atomic E-state index is 12.5. The molecule has 2 N–H and O–H groups in total. The van der Waals surface area contributed by atoms with Crippen LogP contribution in [-0.2, 0) is 4.79 Å². The second-order valence-corrected chi connectivity index (χ2v) is 5.76. The first kappa shape index (κ1) is 12.8. The molecule has 2 aliphatic heterocycles. The molecule has 2 rings (SSSR count). The summed E-state index contributed by atoms with van der Waals surface area (Å²) >= 11 is 0. The third-order valence-electron chi connectivity index (χ3n) is 4.23. The summed E-state index contributed by atoms with van der Waals surface area (Å²) in [6.45, 7) is 5.82. The number of carbonyl (C=O) groups excluding carboxylic acids is 1. The van der Waals surface area contributed by atoms with Crippen molar-refractivity contribution >= 4 is 5.91 Å². The predicted molar refractivity (Wildman–Crippen MR) is 66.6 cm³/mol. The van der Waals surface area contributed by atoms with E-state index in [1.54, 1.807) is 0 Å². The Morgan fingerprint density at radius 3 is 3.06 bits per heavy atom. The molecule has 0 aromatic heterocycles. The first-order valence-corrected chi connectivity index (χ1v) is 6.77. The van der Waals surface area contributed by atoms with Gasteiger partial charge in [-0.1, -0.05) is 0 Å². The summed E-state index contributed by atoms with van der Waals surface area (Å²) in [4.78, 5) is 14.5. The summed E-state index contributed by atoms with van der Waals surface area (Å²) in [5, 5.41) is 12.3. The van der Waals surface area contributed by atoms with E-state index < -0.39 is 0 Å². The topological polar surface area (TPSA) is 52.6 Å². The molecule has 0 aliphatic carbocycles. The van der Waals surface area contributed by atoms with Gasteiger partial charge in [0.2, 0.25) is 5.91 Å². The van der Waals surface area contributed by atoms with Crippen LogP contribution in [0.5, 0.6) is 0 Å². The predicted octanol–water partition coefficient (Wildman–Crippen LogP) is 0.607. The lowest BCUT2D eigenvalue weighted by molar-refractivity contribution is -0.142. The highest BCUT2D eigenvalue weighted by atomic mass is 16.3. The molecule has 2 unspecified atom stereocenters. The molecule has 4 nitrogen and oxygen atoms in total. The third-order valence-corrected chi connectivity index (χ3v) is 4.23. The number of likely N-dealkylation sites (tertiary alicyclic amines) is 1. The molecule has 1 amide bonds. The summed E-state index contributed by atoms with van der Waals surface area (Å²) in [5.41, 5.74) is -0.193. The highest BCUT2D eigenvalue weighted by Crippen LogP contribution is 2.30. The molecule has 2 atom stereocenters. The number of rotatable bonds is 3. The maximum absolute atomic E-state index is 12.5. The fourth-order valence-corrected chi connectivity index (χ4v) is 3.05. The van der Waals surface area contributed by atoms with E-state index in [9.17, 15) is 4.79 Å². The van der Waals surface area contributed by atoms with E-state index in [-0.39, 0.29) is 12.0 Å². The Bertz CT molecular complexity index is 273. The zero-order valence-electron chi connectivity index (χ0n) is 10.7. The third kappa shape index (κ3) is 2.80. The van der Waals surface area contributed by atoms with Gasteiger partial charge in [-0.3, -0.25) is 4.79 Å². The molecule has 17 heavy (non-hydrogen) atoms. The molecule has 2 heterocycles. The lowest BCUT2D eigenvalue weighted by Gasteiger charge is -2.37. The van der Waals surface area contributed by atoms with E-state index in [1.165, 1.54) is 0 Å². The number of piperidine rings is 1. The number of hydrogen-bond donors (Lipinski definition) is 2. The number of hydrogen-bond acceptors (Lipinski definition) is 3. The van der Waals surface area contributed by atoms with E-state index in [0.717, 1.165) is 51.9 Å². The van der Waals surface area contributed by atoms with Crippen LogP contribution in [0.3, 0.4) is 0 Å². The van der Waals surface area contributed by atoms with Crippen molar-refractivity contribution in [2.75, 3.05) is 32.8 Å². The van der Waals surface area contributed by atoms with E-state index >= 15 is 0 Å². The minimum absolute atomic E-state index is 0.193. The van der Waals surface area contributed by atoms with Crippen LogP contribution in [0.15, 0.2) is 0 Å². The van der Waals surface area contributed by atoms with Gasteiger partial charge in [0, 0.05) is 26.2 Å². The Labute approximate surface area is 103 Å². The van der Waals surface area contributed by atoms with Gasteiger partial charge in [-0.15, -0.1) is 0 Å². The molecule has 4 heteroatoms. The van der Waals surface area contributed by atoms with Crippen LogP contribution in [0.4, 0.5) is 0 Å². The van der Waals surface area contributed by atoms with Gasteiger partial charge in [0.05, 0.1) is 5.41 Å². The van der Waals surface area contributed by atoms with Crippen molar-refractivity contribution in [3.05, 3.63) is 0 Å². The van der Waals surface area contributed by atoms with Gasteiger partial charge in [-0.25, -0.2) is 0 Å². The van der Waals surface area contributed by atoms with Gasteiger partial charge >= 0.3 is 0 Å². The van der Waals surface area contributed by atoms with Crippen molar-refractivity contribution in [2.24, 2.45) is 11.3 Å². The Balaban J connectivity index is 1.94. The fraction of sp³-hybridized carbons (Fsp3) is 0.923. The summed E-state index contributed by atoms with van der Waals surface area (Å²) in [5.74, 6) is 0.806. The van der Waals surface area contributed by atoms with Crippen molar-refractivity contribution < 1.29 is 9.90 Å². The highest BCUT2D eigenvalue weighted by molar-refractivity contribution is 5.83. The van der Waals surface area contributed by atoms with Crippen LogP contribution in [0.25, 0.3) is 0 Å². The van der Waals surface area contributed by atoms with E-state index in [0.29, 0.717) is 11.8 Å². The van der Waals surface area contributed by atoms with Crippen LogP contribution in [0, 0.1) is 11.3 Å². The molecule has 0 aromatic rings. The Morgan fingerprint density at radius 2 is 2.41 bits per heavy atom. The molecular formula is C13H24N2O2. The number of amides is 1. The monoisotopic (exact) mass is 240 g/mol. The van der Waals surface area contributed by atoms with Gasteiger partial charge in [0.25, 0.3) is 0 Å². The quantitative estimate of drug-likeness (QED) is 0.760. The van der Waals surface area contributed by atoms with Crippen molar-refractivity contribution in [1.29, 1.82) is 0 Å². The van der Waals surface area contributed by atoms with Gasteiger partial charge in [-0.2, -0.15) is 0 Å². The molecule has 0 bridgehead atoms. The number of carbonyl (C=O) groups is 1. The van der Waals surface area contributed by atoms with Gasteiger partial charge in [0.1, 0.15) is 0 Å². The number of aliphatic hydroxyl groups excluding tert-OH is 1. The summed E-state index contributed by atoms with van der Waals surface area (Å²) in [6.07, 6.45) is 4.02. The SMILES string of the molecule is CC1(C(=O)N2CCCC(CCO)C2)CCNC1. The average molecular weight is 240 g/mol. The lowest BCUT2D eigenvalue weighted by atomic mass is 9.86. The van der Waals surface area contributed by atoms with Crippen molar-refractivity contribution in [3.63, 3.8) is 0 Å². The summed E-state index contributed by atoms with van der Waals surface area (Å²) < 4.78 is 0. The molecule has 98 valence electrons. The van der Waals surface area contributed by atoms with E-state index in [1.807, 2.05) is 4.90 Å². The Morgan fingerprint density at radius 1 is 1.59 bits per heavy atom. The van der Waals surface area contributed by atoms with Crippen LogP contribution < -0.4 is 5.32 Å². The molecule has 2 saturated heterocycles. The summed E-state index contributed by atoms with van der Waals surface area (Å²) in [7, 11) is 0. The van der Waals surface area contributed by atoms with E-state index in [4.69, 9.17) is 5.11 Å². The molecule has 0 radical (unpaired) electrons. The largest absolute Gasteiger partial charge is 0.396 e. The van der Waals surface area contributed by atoms with Crippen LogP contribution in [0.1, 0.15) is 32.6 Å². The molecule has 2 aliphatic rings. The van der Waals surface area contributed by atoms with Crippen molar-refractivity contribution in [3.8, 4) is 0 Å². The normalized spacial score (nSPS) is 34.0. The van der Waals surface area contributed by atoms with Crippen LogP contribution in [-0.4, -0.2) is 48.7 Å². The van der Waals surface area contributed by atoms with Crippen molar-refractivity contribution in [2.45, 2.75) is 32.6 Å². The lowest BCUT2D eigenvalue weighted by Crippen LogP contribution is -2.48. The molecular weight excluding hydrogens is 216 g/mol. The smallest absolute Gasteiger partial charge is 0.229 e. The summed E-state index contributed by atoms with van der Waals surface area (Å²) in [6, 6.07) is 0. The van der Waals surface area contributed by atoms with Gasteiger partial charge in [0.15, 0.2) is 0 Å². The minimum Gasteiger partial charge on any atom is -0.396 e. The van der Waals surface area contributed by atoms with E-state index in [2.05, 4.69) is 12.2 Å². The number of aliphatic hydroxyl groups is 1. The molecule has 0 saturated carbocycles. The van der Waals surface area contributed by atoms with Gasteiger partial charge in [-0.05, 0) is 45.1 Å². The van der Waals surface area contributed by atoms with Crippen LogP contribution in [0.2, 0.25) is 0 Å². The van der Waals surface area contributed by atoms with Crippen LogP contribution >= 0.6 is 0 Å². The minimum atomic E-state index is -0.193.